The van der Waals surface area contributed by atoms with Crippen LogP contribution in [0.15, 0.2) is 77.8 Å². The van der Waals surface area contributed by atoms with E-state index in [-0.39, 0.29) is 11.6 Å². The Hall–Kier alpha value is -3.66. The van der Waals surface area contributed by atoms with Gasteiger partial charge in [-0.2, -0.15) is 4.98 Å². The Morgan fingerprint density at radius 1 is 1.05 bits per heavy atom. The second-order valence-corrected chi connectivity index (χ2v) is 11.0. The van der Waals surface area contributed by atoms with Gasteiger partial charge in [0.15, 0.2) is 0 Å². The fourth-order valence-corrected chi connectivity index (χ4v) is 5.74. The predicted molar refractivity (Wildman–Crippen MR) is 155 cm³/mol. The molecule has 1 saturated carbocycles. The molecule has 4 aromatic rings. The highest BCUT2D eigenvalue weighted by molar-refractivity contribution is 7.97. The number of hydrogen-bond donors (Lipinski definition) is 4. The van der Waals surface area contributed by atoms with Crippen LogP contribution in [-0.4, -0.2) is 29.0 Å². The van der Waals surface area contributed by atoms with Crippen molar-refractivity contribution in [2.75, 3.05) is 29.0 Å². The lowest BCUT2D eigenvalue weighted by molar-refractivity contribution is -0.118. The zero-order valence-corrected chi connectivity index (χ0v) is 22.5. The van der Waals surface area contributed by atoms with Gasteiger partial charge in [-0.25, -0.2) is 9.37 Å². The number of fused-ring (bicyclic) bond motifs is 4. The fourth-order valence-electron chi connectivity index (χ4n) is 4.68. The molecule has 0 atom stereocenters. The Labute approximate surface area is 235 Å². The molecule has 2 heterocycles. The standard InChI is InChI=1S/C29H26ClFN6OS/c30-23-8-2-1-7-22(23)29(11-12-29)27(38)36-25-10-9-18(15-24(25)31)21-17-33-28-35-19-5-3-6-20(16-19)39-34-14-4-13-32-26(21)37-28/h1-3,5-10,15-17,34H,4,11-14H2,(H,36,38)(H2,32,33,35,37). The van der Waals surface area contributed by atoms with Crippen molar-refractivity contribution < 1.29 is 9.18 Å². The van der Waals surface area contributed by atoms with Crippen LogP contribution in [0.5, 0.6) is 0 Å². The van der Waals surface area contributed by atoms with E-state index in [1.54, 1.807) is 36.3 Å². The highest BCUT2D eigenvalue weighted by atomic mass is 35.5. The van der Waals surface area contributed by atoms with E-state index >= 15 is 4.39 Å². The van der Waals surface area contributed by atoms with Gasteiger partial charge in [0.1, 0.15) is 11.6 Å². The average molecular weight is 561 g/mol. The van der Waals surface area contributed by atoms with Crippen molar-refractivity contribution in [3.8, 4) is 11.1 Å². The molecule has 0 unspecified atom stereocenters. The van der Waals surface area contributed by atoms with Crippen molar-refractivity contribution in [1.29, 1.82) is 0 Å². The second kappa shape index (κ2) is 10.8. The third-order valence-electron chi connectivity index (χ3n) is 6.92. The van der Waals surface area contributed by atoms with E-state index in [0.717, 1.165) is 29.1 Å². The number of anilines is 4. The van der Waals surface area contributed by atoms with Gasteiger partial charge in [0.05, 0.1) is 11.1 Å². The number of halogens is 2. The maximum absolute atomic E-state index is 15.3. The summed E-state index contributed by atoms with van der Waals surface area (Å²) in [5.41, 5.74) is 2.32. The number of nitrogens with zero attached hydrogens (tertiary/aromatic N) is 2. The van der Waals surface area contributed by atoms with Crippen LogP contribution in [0.2, 0.25) is 5.02 Å². The SMILES string of the molecule is O=C(Nc1ccc(-c2cnc3nc2NCCCNSc2cccc(c2)N3)cc1F)C1(c2ccccc2Cl)CC1. The minimum atomic E-state index is -0.717. The number of carbonyl (C=O) groups excluding carboxylic acids is 1. The summed E-state index contributed by atoms with van der Waals surface area (Å²) in [6.45, 7) is 1.48. The maximum Gasteiger partial charge on any atom is 0.235 e. The number of nitrogens with one attached hydrogen (secondary N) is 4. The molecule has 6 rings (SSSR count). The minimum Gasteiger partial charge on any atom is -0.369 e. The highest BCUT2D eigenvalue weighted by Gasteiger charge is 2.52. The molecule has 1 aliphatic carbocycles. The van der Waals surface area contributed by atoms with E-state index in [0.29, 0.717) is 47.3 Å². The van der Waals surface area contributed by atoms with Gasteiger partial charge in [-0.3, -0.25) is 9.52 Å². The summed E-state index contributed by atoms with van der Waals surface area (Å²) < 4.78 is 18.7. The van der Waals surface area contributed by atoms with Crippen LogP contribution in [-0.2, 0) is 10.2 Å². The van der Waals surface area contributed by atoms with Gasteiger partial charge >= 0.3 is 0 Å². The number of benzene rings is 3. The molecule has 10 heteroatoms. The molecule has 4 N–H and O–H groups in total. The van der Waals surface area contributed by atoms with Gasteiger partial charge in [-0.15, -0.1) is 0 Å². The number of amides is 1. The average Bonchev–Trinajstić information content (AvgIpc) is 3.74. The first-order chi connectivity index (χ1) is 19.0. The minimum absolute atomic E-state index is 0.123. The van der Waals surface area contributed by atoms with Gasteiger partial charge in [0.2, 0.25) is 11.9 Å². The summed E-state index contributed by atoms with van der Waals surface area (Å²) >= 11 is 7.94. The maximum atomic E-state index is 15.3. The third kappa shape index (κ3) is 5.43. The van der Waals surface area contributed by atoms with Crippen LogP contribution in [0.3, 0.4) is 0 Å². The van der Waals surface area contributed by atoms with E-state index in [9.17, 15) is 4.79 Å². The zero-order valence-electron chi connectivity index (χ0n) is 20.9. The number of aromatic nitrogens is 2. The van der Waals surface area contributed by atoms with Crippen LogP contribution in [0.4, 0.5) is 27.5 Å². The summed E-state index contributed by atoms with van der Waals surface area (Å²) in [6, 6.07) is 20.1. The molecule has 3 aromatic carbocycles. The van der Waals surface area contributed by atoms with Crippen molar-refractivity contribution in [1.82, 2.24) is 14.7 Å². The van der Waals surface area contributed by atoms with Crippen molar-refractivity contribution in [2.24, 2.45) is 0 Å². The molecule has 1 aliphatic heterocycles. The molecule has 0 spiro atoms. The topological polar surface area (TPSA) is 91.0 Å². The smallest absolute Gasteiger partial charge is 0.235 e. The van der Waals surface area contributed by atoms with E-state index in [1.165, 1.54) is 6.07 Å². The van der Waals surface area contributed by atoms with Crippen LogP contribution in [0.25, 0.3) is 11.1 Å². The quantitative estimate of drug-likeness (QED) is 0.205. The molecule has 7 nitrogen and oxygen atoms in total. The highest BCUT2D eigenvalue weighted by Crippen LogP contribution is 2.51. The molecule has 198 valence electrons. The normalized spacial score (nSPS) is 15.9. The molecule has 1 aromatic heterocycles. The van der Waals surface area contributed by atoms with Crippen molar-refractivity contribution in [2.45, 2.75) is 29.6 Å². The van der Waals surface area contributed by atoms with E-state index in [4.69, 9.17) is 11.6 Å². The van der Waals surface area contributed by atoms with Crippen LogP contribution < -0.4 is 20.7 Å². The number of carbonyl (C=O) groups is 1. The van der Waals surface area contributed by atoms with Crippen LogP contribution >= 0.6 is 23.5 Å². The first-order valence-electron chi connectivity index (χ1n) is 12.8. The molecule has 0 radical (unpaired) electrons. The lowest BCUT2D eigenvalue weighted by Crippen LogP contribution is -2.28. The Balaban J connectivity index is 1.25. The zero-order chi connectivity index (χ0) is 26.8. The summed E-state index contributed by atoms with van der Waals surface area (Å²) in [6.07, 6.45) is 3.89. The fraction of sp³-hybridized carbons (Fsp3) is 0.207. The summed E-state index contributed by atoms with van der Waals surface area (Å²) in [7, 11) is 0. The molecule has 0 saturated heterocycles. The van der Waals surface area contributed by atoms with Gasteiger partial charge in [-0.05, 0) is 78.7 Å². The summed E-state index contributed by atoms with van der Waals surface area (Å²) in [4.78, 5) is 23.5. The summed E-state index contributed by atoms with van der Waals surface area (Å²) in [5, 5.41) is 9.94. The Bertz CT molecular complexity index is 1550. The van der Waals surface area contributed by atoms with Gasteiger partial charge in [0, 0.05) is 40.5 Å². The van der Waals surface area contributed by atoms with Crippen molar-refractivity contribution in [3.63, 3.8) is 0 Å². The van der Waals surface area contributed by atoms with Gasteiger partial charge in [-0.1, -0.05) is 41.9 Å². The molecule has 1 fully saturated rings. The van der Waals surface area contributed by atoms with Crippen LogP contribution in [0, 0.1) is 5.82 Å². The second-order valence-electron chi connectivity index (χ2n) is 9.60. The Kier molecular flexibility index (Phi) is 7.12. The van der Waals surface area contributed by atoms with Gasteiger partial charge in [0.25, 0.3) is 0 Å². The van der Waals surface area contributed by atoms with E-state index < -0.39 is 11.2 Å². The first-order valence-corrected chi connectivity index (χ1v) is 14.0. The Morgan fingerprint density at radius 2 is 1.92 bits per heavy atom. The molecule has 1 amide bonds. The van der Waals surface area contributed by atoms with Crippen molar-refractivity contribution in [3.05, 3.63) is 89.3 Å². The predicted octanol–water partition coefficient (Wildman–Crippen LogP) is 6.76. The third-order valence-corrected chi connectivity index (χ3v) is 8.09. The number of hydrogen-bond acceptors (Lipinski definition) is 7. The van der Waals surface area contributed by atoms with Gasteiger partial charge < -0.3 is 16.0 Å². The van der Waals surface area contributed by atoms with E-state index in [2.05, 4.69) is 30.6 Å². The molecule has 2 aliphatic rings. The molecule has 39 heavy (non-hydrogen) atoms. The number of rotatable bonds is 4. The lowest BCUT2D eigenvalue weighted by atomic mass is 9.94. The van der Waals surface area contributed by atoms with E-state index in [1.807, 2.05) is 42.5 Å². The van der Waals surface area contributed by atoms with Crippen molar-refractivity contribution >= 4 is 52.6 Å². The van der Waals surface area contributed by atoms with Crippen LogP contribution in [0.1, 0.15) is 24.8 Å². The molecular weight excluding hydrogens is 535 g/mol. The molecular formula is C29H26ClFN6OS. The summed E-state index contributed by atoms with van der Waals surface area (Å²) in [5.74, 6) is 0.251. The molecule has 4 bridgehead atoms. The lowest BCUT2D eigenvalue weighted by Gasteiger charge is -2.18. The monoisotopic (exact) mass is 560 g/mol. The first kappa shape index (κ1) is 25.6. The Morgan fingerprint density at radius 3 is 2.74 bits per heavy atom. The largest absolute Gasteiger partial charge is 0.369 e.